The number of nitrogens with zero attached hydrogens (tertiary/aromatic N) is 2. The van der Waals surface area contributed by atoms with Gasteiger partial charge in [0.15, 0.2) is 0 Å². The number of fused-ring (bicyclic) bond motifs is 3. The Balaban J connectivity index is 2.12. The van der Waals surface area contributed by atoms with Crippen LogP contribution in [0.5, 0.6) is 0 Å². The number of pyridine rings is 1. The first kappa shape index (κ1) is 13.6. The van der Waals surface area contributed by atoms with Crippen LogP contribution >= 0.6 is 0 Å². The van der Waals surface area contributed by atoms with Gasteiger partial charge in [0.2, 0.25) is 5.91 Å². The van der Waals surface area contributed by atoms with Crippen molar-refractivity contribution in [3.05, 3.63) is 36.5 Å². The third-order valence-corrected chi connectivity index (χ3v) is 3.68. The summed E-state index contributed by atoms with van der Waals surface area (Å²) in [4.78, 5) is 16.6. The average Bonchev–Trinajstić information content (AvgIpc) is 2.72. The van der Waals surface area contributed by atoms with Gasteiger partial charge < -0.3 is 9.88 Å². The van der Waals surface area contributed by atoms with Gasteiger partial charge in [-0.15, -0.1) is 0 Å². The molecule has 4 nitrogen and oxygen atoms in total. The van der Waals surface area contributed by atoms with E-state index >= 15 is 0 Å². The Hall–Kier alpha value is -2.36. The van der Waals surface area contributed by atoms with E-state index in [0.29, 0.717) is 0 Å². The largest absolute Gasteiger partial charge is 0.328 e. The number of para-hydroxylation sites is 1. The summed E-state index contributed by atoms with van der Waals surface area (Å²) in [6.07, 6.45) is 1.71. The van der Waals surface area contributed by atoms with Gasteiger partial charge in [-0.25, -0.2) is 4.98 Å². The molecule has 1 amide bonds. The Kier molecular flexibility index (Phi) is 2.97. The standard InChI is InChI=1S/C17H19N3O/c1-17(2,3)16(21)19-11-9-13-12-7-5-6-8-14(12)20(4)15(13)18-10-11/h5-10H,1-4H3,(H,19,21). The summed E-state index contributed by atoms with van der Waals surface area (Å²) in [5.74, 6) is -0.0103. The summed E-state index contributed by atoms with van der Waals surface area (Å²) in [5.41, 5.74) is 2.37. The summed E-state index contributed by atoms with van der Waals surface area (Å²) < 4.78 is 2.07. The van der Waals surface area contributed by atoms with Crippen molar-refractivity contribution >= 4 is 33.5 Å². The zero-order valence-electron chi connectivity index (χ0n) is 12.8. The predicted molar refractivity (Wildman–Crippen MR) is 86.3 cm³/mol. The van der Waals surface area contributed by atoms with Crippen LogP contribution in [0.1, 0.15) is 20.8 Å². The molecule has 0 aliphatic rings. The number of rotatable bonds is 1. The van der Waals surface area contributed by atoms with Crippen LogP contribution in [0.15, 0.2) is 36.5 Å². The Morgan fingerprint density at radius 1 is 1.19 bits per heavy atom. The van der Waals surface area contributed by atoms with Crippen LogP contribution in [0.2, 0.25) is 0 Å². The van der Waals surface area contributed by atoms with E-state index in [1.165, 1.54) is 0 Å². The highest BCUT2D eigenvalue weighted by Gasteiger charge is 2.21. The van der Waals surface area contributed by atoms with Gasteiger partial charge in [-0.05, 0) is 12.1 Å². The highest BCUT2D eigenvalue weighted by atomic mass is 16.2. The van der Waals surface area contributed by atoms with Crippen molar-refractivity contribution in [2.45, 2.75) is 20.8 Å². The minimum Gasteiger partial charge on any atom is -0.328 e. The fourth-order valence-corrected chi connectivity index (χ4v) is 2.42. The normalized spacial score (nSPS) is 12.0. The molecule has 0 atom stereocenters. The van der Waals surface area contributed by atoms with E-state index in [1.807, 2.05) is 46.0 Å². The first-order valence-electron chi connectivity index (χ1n) is 7.02. The molecule has 1 N–H and O–H groups in total. The molecule has 108 valence electrons. The van der Waals surface area contributed by atoms with Crippen molar-refractivity contribution < 1.29 is 4.79 Å². The molecular formula is C17H19N3O. The van der Waals surface area contributed by atoms with E-state index in [-0.39, 0.29) is 5.91 Å². The molecule has 2 aromatic heterocycles. The van der Waals surface area contributed by atoms with Crippen LogP contribution < -0.4 is 5.32 Å². The zero-order valence-corrected chi connectivity index (χ0v) is 12.8. The number of nitrogens with one attached hydrogen (secondary N) is 1. The van der Waals surface area contributed by atoms with Gasteiger partial charge in [0, 0.05) is 23.2 Å². The number of aryl methyl sites for hydroxylation is 1. The molecule has 0 fully saturated rings. The Bertz CT molecular complexity index is 840. The lowest BCUT2D eigenvalue weighted by Crippen LogP contribution is -2.27. The number of hydrogen-bond donors (Lipinski definition) is 1. The first-order chi connectivity index (χ1) is 9.88. The zero-order chi connectivity index (χ0) is 15.2. The summed E-state index contributed by atoms with van der Waals surface area (Å²) in [6.45, 7) is 5.69. The molecule has 2 heterocycles. The summed E-state index contributed by atoms with van der Waals surface area (Å²) in [7, 11) is 2.01. The number of benzene rings is 1. The second-order valence-electron chi connectivity index (χ2n) is 6.38. The van der Waals surface area contributed by atoms with Crippen LogP contribution in [0, 0.1) is 5.41 Å². The van der Waals surface area contributed by atoms with Crippen LogP contribution in [0.25, 0.3) is 21.9 Å². The van der Waals surface area contributed by atoms with Crippen molar-refractivity contribution in [2.24, 2.45) is 12.5 Å². The molecule has 0 unspecified atom stereocenters. The van der Waals surface area contributed by atoms with Crippen LogP contribution in [-0.4, -0.2) is 15.5 Å². The van der Waals surface area contributed by atoms with Gasteiger partial charge in [0.25, 0.3) is 0 Å². The molecule has 4 heteroatoms. The highest BCUT2D eigenvalue weighted by molar-refractivity contribution is 6.08. The Morgan fingerprint density at radius 2 is 1.90 bits per heavy atom. The van der Waals surface area contributed by atoms with E-state index in [4.69, 9.17) is 0 Å². The van der Waals surface area contributed by atoms with Crippen molar-refractivity contribution in [2.75, 3.05) is 5.32 Å². The predicted octanol–water partition coefficient (Wildman–Crippen LogP) is 3.71. The Labute approximate surface area is 123 Å². The average molecular weight is 281 g/mol. The molecular weight excluding hydrogens is 262 g/mol. The van der Waals surface area contributed by atoms with Gasteiger partial charge in [-0.2, -0.15) is 0 Å². The van der Waals surface area contributed by atoms with Crippen LogP contribution in [0.4, 0.5) is 5.69 Å². The fourth-order valence-electron chi connectivity index (χ4n) is 2.42. The number of carbonyl (C=O) groups is 1. The van der Waals surface area contributed by atoms with Crippen molar-refractivity contribution in [3.8, 4) is 0 Å². The van der Waals surface area contributed by atoms with E-state index in [0.717, 1.165) is 27.6 Å². The first-order valence-corrected chi connectivity index (χ1v) is 7.02. The van der Waals surface area contributed by atoms with Gasteiger partial charge in [0.05, 0.1) is 17.4 Å². The molecule has 0 aliphatic heterocycles. The van der Waals surface area contributed by atoms with Gasteiger partial charge >= 0.3 is 0 Å². The lowest BCUT2D eigenvalue weighted by molar-refractivity contribution is -0.123. The summed E-state index contributed by atoms with van der Waals surface area (Å²) in [5, 5.41) is 5.14. The second-order valence-corrected chi connectivity index (χ2v) is 6.38. The molecule has 0 saturated carbocycles. The number of hydrogen-bond acceptors (Lipinski definition) is 2. The SMILES string of the molecule is Cn1c2ccccc2c2cc(NC(=O)C(C)(C)C)cnc21. The maximum atomic E-state index is 12.1. The molecule has 0 spiro atoms. The maximum Gasteiger partial charge on any atom is 0.229 e. The number of anilines is 1. The second kappa shape index (κ2) is 4.58. The van der Waals surface area contributed by atoms with Crippen molar-refractivity contribution in [1.82, 2.24) is 9.55 Å². The molecule has 0 aliphatic carbocycles. The minimum atomic E-state index is -0.423. The van der Waals surface area contributed by atoms with Gasteiger partial charge in [-0.3, -0.25) is 4.79 Å². The van der Waals surface area contributed by atoms with E-state index in [2.05, 4.69) is 27.0 Å². The molecule has 3 rings (SSSR count). The fraction of sp³-hybridized carbons (Fsp3) is 0.294. The lowest BCUT2D eigenvalue weighted by atomic mass is 9.95. The molecule has 0 saturated heterocycles. The number of carbonyl (C=O) groups excluding carboxylic acids is 1. The van der Waals surface area contributed by atoms with Gasteiger partial charge in [0.1, 0.15) is 5.65 Å². The van der Waals surface area contributed by atoms with E-state index in [9.17, 15) is 4.79 Å². The smallest absolute Gasteiger partial charge is 0.229 e. The molecule has 3 aromatic rings. The number of amides is 1. The third-order valence-electron chi connectivity index (χ3n) is 3.68. The van der Waals surface area contributed by atoms with Crippen molar-refractivity contribution in [3.63, 3.8) is 0 Å². The summed E-state index contributed by atoms with van der Waals surface area (Å²) in [6, 6.07) is 10.2. The topological polar surface area (TPSA) is 46.9 Å². The lowest BCUT2D eigenvalue weighted by Gasteiger charge is -2.17. The third kappa shape index (κ3) is 2.27. The van der Waals surface area contributed by atoms with Crippen LogP contribution in [0.3, 0.4) is 0 Å². The van der Waals surface area contributed by atoms with Crippen LogP contribution in [-0.2, 0) is 11.8 Å². The molecule has 0 bridgehead atoms. The molecule has 0 radical (unpaired) electrons. The maximum absolute atomic E-state index is 12.1. The van der Waals surface area contributed by atoms with Gasteiger partial charge in [-0.1, -0.05) is 39.0 Å². The van der Waals surface area contributed by atoms with Crippen molar-refractivity contribution in [1.29, 1.82) is 0 Å². The highest BCUT2D eigenvalue weighted by Crippen LogP contribution is 2.28. The van der Waals surface area contributed by atoms with E-state index < -0.39 is 5.41 Å². The Morgan fingerprint density at radius 3 is 2.62 bits per heavy atom. The molecule has 1 aromatic carbocycles. The minimum absolute atomic E-state index is 0.0103. The quantitative estimate of drug-likeness (QED) is 0.739. The van der Waals surface area contributed by atoms with E-state index in [1.54, 1.807) is 6.20 Å². The number of aromatic nitrogens is 2. The summed E-state index contributed by atoms with van der Waals surface area (Å²) >= 11 is 0. The molecule has 21 heavy (non-hydrogen) atoms. The monoisotopic (exact) mass is 281 g/mol.